The van der Waals surface area contributed by atoms with Crippen molar-refractivity contribution in [2.45, 2.75) is 20.5 Å². The Hall–Kier alpha value is -1.81. The zero-order valence-corrected chi connectivity index (χ0v) is 9.32. The van der Waals surface area contributed by atoms with E-state index in [0.717, 1.165) is 0 Å². The predicted molar refractivity (Wildman–Crippen MR) is 59.1 cm³/mol. The highest BCUT2D eigenvalue weighted by molar-refractivity contribution is 5.69. The third-order valence-electron chi connectivity index (χ3n) is 1.75. The zero-order valence-electron chi connectivity index (χ0n) is 9.32. The minimum atomic E-state index is -0.405. The van der Waals surface area contributed by atoms with E-state index in [2.05, 4.69) is 6.58 Å². The van der Waals surface area contributed by atoms with E-state index >= 15 is 0 Å². The van der Waals surface area contributed by atoms with Gasteiger partial charge in [0.25, 0.3) is 0 Å². The molecule has 0 spiro atoms. The maximum Gasteiger partial charge on any atom is 0.308 e. The fourth-order valence-corrected chi connectivity index (χ4v) is 1.18. The van der Waals surface area contributed by atoms with E-state index in [9.17, 15) is 4.79 Å². The number of hydrogen-bond acceptors (Lipinski definition) is 4. The van der Waals surface area contributed by atoms with Crippen molar-refractivity contribution in [2.75, 3.05) is 0 Å². The second-order valence-corrected chi connectivity index (χ2v) is 3.33. The molecule has 16 heavy (non-hydrogen) atoms. The maximum absolute atomic E-state index is 10.8. The summed E-state index contributed by atoms with van der Waals surface area (Å²) in [4.78, 5) is 10.8. The first kappa shape index (κ1) is 12.3. The number of hydrogen-bond donors (Lipinski definition) is 1. The van der Waals surface area contributed by atoms with E-state index in [1.807, 2.05) is 0 Å². The van der Waals surface area contributed by atoms with Gasteiger partial charge in [0.2, 0.25) is 0 Å². The first-order valence-corrected chi connectivity index (χ1v) is 4.78. The van der Waals surface area contributed by atoms with Crippen LogP contribution in [0.5, 0.6) is 11.5 Å². The second kappa shape index (κ2) is 5.32. The first-order valence-electron chi connectivity index (χ1n) is 4.78. The van der Waals surface area contributed by atoms with Crippen LogP contribution in [-0.4, -0.2) is 11.1 Å². The Morgan fingerprint density at radius 1 is 1.38 bits per heavy atom. The lowest BCUT2D eigenvalue weighted by Crippen LogP contribution is -2.02. The smallest absolute Gasteiger partial charge is 0.308 e. The zero-order chi connectivity index (χ0) is 12.1. The van der Waals surface area contributed by atoms with Crippen LogP contribution in [0.3, 0.4) is 0 Å². The molecule has 1 rings (SSSR count). The molecule has 0 atom stereocenters. The van der Waals surface area contributed by atoms with Gasteiger partial charge >= 0.3 is 5.97 Å². The lowest BCUT2D eigenvalue weighted by Gasteiger charge is -2.10. The van der Waals surface area contributed by atoms with Gasteiger partial charge in [-0.2, -0.15) is 0 Å². The van der Waals surface area contributed by atoms with Crippen LogP contribution in [0.25, 0.3) is 0 Å². The van der Waals surface area contributed by atoms with Gasteiger partial charge in [-0.1, -0.05) is 6.58 Å². The molecule has 0 heterocycles. The molecule has 0 saturated heterocycles. The Labute approximate surface area is 94.1 Å². The number of esters is 1. The van der Waals surface area contributed by atoms with E-state index < -0.39 is 5.97 Å². The Morgan fingerprint density at radius 2 is 2.06 bits per heavy atom. The predicted octanol–water partition coefficient (Wildman–Crippen LogP) is 2.02. The number of allylic oxidation sites excluding steroid dienone is 1. The van der Waals surface area contributed by atoms with Crippen LogP contribution in [0.2, 0.25) is 0 Å². The number of ether oxygens (including phenoxy) is 2. The molecule has 0 aliphatic rings. The summed E-state index contributed by atoms with van der Waals surface area (Å²) in [6.45, 7) is 6.47. The van der Waals surface area contributed by atoms with Gasteiger partial charge in [0.05, 0.1) is 12.4 Å². The summed E-state index contributed by atoms with van der Waals surface area (Å²) in [5.41, 5.74) is 0.610. The van der Waals surface area contributed by atoms with E-state index in [-0.39, 0.29) is 6.61 Å². The second-order valence-electron chi connectivity index (χ2n) is 3.33. The maximum atomic E-state index is 10.8. The topological polar surface area (TPSA) is 55.8 Å². The summed E-state index contributed by atoms with van der Waals surface area (Å²) >= 11 is 0. The normalized spacial score (nSPS) is 9.69. The molecular formula is C12H14O4. The Kier molecular flexibility index (Phi) is 4.08. The van der Waals surface area contributed by atoms with Crippen molar-refractivity contribution in [1.29, 1.82) is 0 Å². The van der Waals surface area contributed by atoms with Gasteiger partial charge in [-0.3, -0.25) is 4.79 Å². The summed E-state index contributed by atoms with van der Waals surface area (Å²) in [7, 11) is 0. The third kappa shape index (κ3) is 3.40. The number of carbonyl (C=O) groups excluding carboxylic acids is 1. The summed E-state index contributed by atoms with van der Waals surface area (Å²) in [5, 5.41) is 9.09. The molecule has 0 unspecified atom stereocenters. The summed E-state index contributed by atoms with van der Waals surface area (Å²) in [6.07, 6.45) is 0. The minimum absolute atomic E-state index is 0.150. The minimum Gasteiger partial charge on any atom is -0.462 e. The van der Waals surface area contributed by atoms with Gasteiger partial charge in [-0.25, -0.2) is 0 Å². The average Bonchev–Trinajstić information content (AvgIpc) is 2.16. The fraction of sp³-hybridized carbons (Fsp3) is 0.250. The summed E-state index contributed by atoms with van der Waals surface area (Å²) in [6, 6.07) is 4.77. The van der Waals surface area contributed by atoms with Crippen LogP contribution in [0.4, 0.5) is 0 Å². The van der Waals surface area contributed by atoms with Crippen LogP contribution in [0.1, 0.15) is 19.4 Å². The molecule has 0 aliphatic carbocycles. The molecule has 1 aromatic carbocycles. The highest BCUT2D eigenvalue weighted by Crippen LogP contribution is 2.26. The Morgan fingerprint density at radius 3 is 2.56 bits per heavy atom. The molecule has 0 aliphatic heterocycles. The van der Waals surface area contributed by atoms with Gasteiger partial charge in [0, 0.05) is 18.6 Å². The van der Waals surface area contributed by atoms with Crippen molar-refractivity contribution < 1.29 is 19.4 Å². The number of carbonyl (C=O) groups is 1. The third-order valence-corrected chi connectivity index (χ3v) is 1.75. The van der Waals surface area contributed by atoms with Gasteiger partial charge in [0.15, 0.2) is 0 Å². The van der Waals surface area contributed by atoms with Crippen molar-refractivity contribution in [3.8, 4) is 11.5 Å². The molecule has 0 saturated carbocycles. The van der Waals surface area contributed by atoms with E-state index in [1.165, 1.54) is 6.92 Å². The van der Waals surface area contributed by atoms with Crippen LogP contribution < -0.4 is 9.47 Å². The molecular weight excluding hydrogens is 208 g/mol. The van der Waals surface area contributed by atoms with Crippen LogP contribution >= 0.6 is 0 Å². The average molecular weight is 222 g/mol. The molecule has 0 aromatic heterocycles. The van der Waals surface area contributed by atoms with E-state index in [4.69, 9.17) is 14.6 Å². The highest BCUT2D eigenvalue weighted by atomic mass is 16.5. The molecule has 1 aromatic rings. The Balaban J connectivity index is 3.00. The van der Waals surface area contributed by atoms with Gasteiger partial charge in [-0.05, 0) is 19.1 Å². The molecule has 0 radical (unpaired) electrons. The number of aliphatic hydroxyl groups excluding tert-OH is 1. The molecule has 86 valence electrons. The van der Waals surface area contributed by atoms with Crippen molar-refractivity contribution in [3.05, 3.63) is 36.1 Å². The van der Waals surface area contributed by atoms with Crippen molar-refractivity contribution in [2.24, 2.45) is 0 Å². The van der Waals surface area contributed by atoms with Crippen LogP contribution in [0, 0.1) is 0 Å². The van der Waals surface area contributed by atoms with Crippen molar-refractivity contribution >= 4 is 5.97 Å². The van der Waals surface area contributed by atoms with Crippen LogP contribution in [0.15, 0.2) is 30.5 Å². The lowest BCUT2D eigenvalue weighted by molar-refractivity contribution is -0.131. The monoisotopic (exact) mass is 222 g/mol. The highest BCUT2D eigenvalue weighted by Gasteiger charge is 2.07. The molecule has 1 N–H and O–H groups in total. The fourth-order valence-electron chi connectivity index (χ4n) is 1.18. The SMILES string of the molecule is C=C(C)Oc1cc(OC(C)=O)ccc1CO. The number of rotatable bonds is 4. The van der Waals surface area contributed by atoms with E-state index in [1.54, 1.807) is 25.1 Å². The van der Waals surface area contributed by atoms with Gasteiger partial charge < -0.3 is 14.6 Å². The summed E-state index contributed by atoms with van der Waals surface area (Å²) in [5.74, 6) is 0.905. The molecule has 4 nitrogen and oxygen atoms in total. The summed E-state index contributed by atoms with van der Waals surface area (Å²) < 4.78 is 10.2. The van der Waals surface area contributed by atoms with Gasteiger partial charge in [0.1, 0.15) is 11.5 Å². The molecule has 4 heteroatoms. The van der Waals surface area contributed by atoms with Crippen LogP contribution in [-0.2, 0) is 11.4 Å². The molecule has 0 bridgehead atoms. The standard InChI is InChI=1S/C12H14O4/c1-8(2)15-12-6-11(16-9(3)14)5-4-10(12)7-13/h4-6,13H,1,7H2,2-3H3. The molecule has 0 fully saturated rings. The van der Waals surface area contributed by atoms with Crippen molar-refractivity contribution in [1.82, 2.24) is 0 Å². The quantitative estimate of drug-likeness (QED) is 0.481. The molecule has 0 amide bonds. The van der Waals surface area contributed by atoms with Crippen molar-refractivity contribution in [3.63, 3.8) is 0 Å². The largest absolute Gasteiger partial charge is 0.462 e. The van der Waals surface area contributed by atoms with E-state index in [0.29, 0.717) is 22.8 Å². The lowest BCUT2D eigenvalue weighted by atomic mass is 10.2. The number of aliphatic hydroxyl groups is 1. The number of benzene rings is 1. The Bertz CT molecular complexity index is 409. The van der Waals surface area contributed by atoms with Gasteiger partial charge in [-0.15, -0.1) is 0 Å². The first-order chi connectivity index (χ1) is 7.52.